The highest BCUT2D eigenvalue weighted by molar-refractivity contribution is 14.1. The van der Waals surface area contributed by atoms with Crippen LogP contribution in [0.5, 0.6) is 5.75 Å². The average molecular weight is 470 g/mol. The Morgan fingerprint density at radius 3 is 2.69 bits per heavy atom. The predicted octanol–water partition coefficient (Wildman–Crippen LogP) is 3.73. The number of aromatic nitrogens is 1. The van der Waals surface area contributed by atoms with Gasteiger partial charge in [-0.2, -0.15) is 0 Å². The van der Waals surface area contributed by atoms with E-state index >= 15 is 0 Å². The number of benzene rings is 1. The van der Waals surface area contributed by atoms with E-state index in [4.69, 9.17) is 9.26 Å². The van der Waals surface area contributed by atoms with Gasteiger partial charge in [-0.15, -0.1) is 0 Å². The lowest BCUT2D eigenvalue weighted by Crippen LogP contribution is -2.51. The number of piperidine rings is 1. The summed E-state index contributed by atoms with van der Waals surface area (Å²) in [5.41, 5.74) is 0.918. The van der Waals surface area contributed by atoms with E-state index in [1.165, 1.54) is 6.26 Å². The predicted molar refractivity (Wildman–Crippen MR) is 106 cm³/mol. The summed E-state index contributed by atoms with van der Waals surface area (Å²) in [6.07, 6.45) is 3.16. The van der Waals surface area contributed by atoms with Crippen molar-refractivity contribution in [3.8, 4) is 17.0 Å². The van der Waals surface area contributed by atoms with E-state index in [0.29, 0.717) is 17.8 Å². The zero-order chi connectivity index (χ0) is 18.9. The molecule has 1 unspecified atom stereocenters. The van der Waals surface area contributed by atoms with Gasteiger partial charge in [0.2, 0.25) is 0 Å². The molecule has 1 fully saturated rings. The number of carbonyl (C=O) groups is 1. The van der Waals surface area contributed by atoms with Crippen LogP contribution in [0, 0.1) is 5.92 Å². The molecule has 1 N–H and O–H groups in total. The molecular weight excluding hydrogens is 447 g/mol. The van der Waals surface area contributed by atoms with Crippen LogP contribution in [-0.2, 0) is 0 Å². The molecule has 0 spiro atoms. The lowest BCUT2D eigenvalue weighted by molar-refractivity contribution is -0.0191. The van der Waals surface area contributed by atoms with Gasteiger partial charge in [0.15, 0.2) is 0 Å². The maximum absolute atomic E-state index is 13.2. The Kier molecular flexibility index (Phi) is 5.57. The van der Waals surface area contributed by atoms with Gasteiger partial charge in [0, 0.05) is 18.0 Å². The number of nitrogens with zero attached hydrogens (tertiary/aromatic N) is 2. The molecule has 0 bridgehead atoms. The summed E-state index contributed by atoms with van der Waals surface area (Å²) in [6, 6.07) is 7.35. The van der Waals surface area contributed by atoms with Crippen LogP contribution in [0.2, 0.25) is 0 Å². The molecule has 1 aromatic carbocycles. The van der Waals surface area contributed by atoms with Gasteiger partial charge in [0.25, 0.3) is 5.91 Å². The number of halogens is 1. The molecule has 1 saturated heterocycles. The molecule has 1 aromatic heterocycles. The molecular formula is C19H23IN2O4. The third-order valence-corrected chi connectivity index (χ3v) is 6.42. The van der Waals surface area contributed by atoms with Gasteiger partial charge in [-0.25, -0.2) is 0 Å². The molecule has 0 radical (unpaired) electrons. The molecule has 6 nitrogen and oxygen atoms in total. The topological polar surface area (TPSA) is 75.8 Å². The van der Waals surface area contributed by atoms with Crippen LogP contribution in [0.25, 0.3) is 11.3 Å². The van der Waals surface area contributed by atoms with Gasteiger partial charge in [0.1, 0.15) is 23.3 Å². The number of likely N-dealkylation sites (tertiary alicyclic amines) is 1. The van der Waals surface area contributed by atoms with E-state index in [9.17, 15) is 9.90 Å². The van der Waals surface area contributed by atoms with Gasteiger partial charge in [-0.1, -0.05) is 27.7 Å². The van der Waals surface area contributed by atoms with Crippen LogP contribution in [0.4, 0.5) is 0 Å². The van der Waals surface area contributed by atoms with Crippen molar-refractivity contribution in [3.05, 3.63) is 36.1 Å². The number of hydrogen-bond donors (Lipinski definition) is 1. The van der Waals surface area contributed by atoms with E-state index in [1.54, 1.807) is 21.0 Å². The highest BCUT2D eigenvalue weighted by Crippen LogP contribution is 2.37. The molecule has 0 saturated carbocycles. The molecule has 140 valence electrons. The standard InChI is InChI=1S/C19H23IN2O4/c1-19(2,24)15-5-4-10-22(17(15)20)18(23)14-11-26-21-16(14)12-6-8-13(25-3)9-7-12/h6-9,11,15,17,24H,4-5,10H2,1-3H3/t15-,17?/m0/s1. The van der Waals surface area contributed by atoms with Crippen LogP contribution >= 0.6 is 22.6 Å². The Morgan fingerprint density at radius 1 is 1.38 bits per heavy atom. The number of methoxy groups -OCH3 is 1. The summed E-state index contributed by atoms with van der Waals surface area (Å²) in [6.45, 7) is 4.27. The molecule has 3 rings (SSSR count). The lowest BCUT2D eigenvalue weighted by atomic mass is 9.84. The Bertz CT molecular complexity index is 767. The fraction of sp³-hybridized carbons (Fsp3) is 0.474. The molecule has 1 amide bonds. The number of ether oxygens (including phenoxy) is 1. The first-order valence-corrected chi connectivity index (χ1v) is 9.83. The summed E-state index contributed by atoms with van der Waals surface area (Å²) in [7, 11) is 1.61. The summed E-state index contributed by atoms with van der Waals surface area (Å²) >= 11 is 2.26. The number of carbonyl (C=O) groups excluding carboxylic acids is 1. The minimum absolute atomic E-state index is 0.0186. The normalized spacial score (nSPS) is 20.9. The van der Waals surface area contributed by atoms with Gasteiger partial charge in [-0.3, -0.25) is 4.79 Å². The molecule has 2 aromatic rings. The minimum atomic E-state index is -0.835. The fourth-order valence-electron chi connectivity index (χ4n) is 3.36. The Labute approximate surface area is 166 Å². The van der Waals surface area contributed by atoms with E-state index < -0.39 is 5.60 Å². The van der Waals surface area contributed by atoms with Gasteiger partial charge in [-0.05, 0) is 51.0 Å². The maximum atomic E-state index is 13.2. The number of rotatable bonds is 4. The second-order valence-corrected chi connectivity index (χ2v) is 8.36. The molecule has 0 aliphatic carbocycles. The third kappa shape index (κ3) is 3.73. The van der Waals surface area contributed by atoms with Crippen LogP contribution in [0.15, 0.2) is 35.1 Å². The van der Waals surface area contributed by atoms with Crippen molar-refractivity contribution in [2.45, 2.75) is 36.3 Å². The number of alkyl halides is 1. The average Bonchev–Trinajstić information content (AvgIpc) is 3.10. The minimum Gasteiger partial charge on any atom is -0.497 e. The first-order chi connectivity index (χ1) is 12.3. The molecule has 1 aliphatic rings. The summed E-state index contributed by atoms with van der Waals surface area (Å²) in [5.74, 6) is 0.636. The zero-order valence-corrected chi connectivity index (χ0v) is 17.3. The summed E-state index contributed by atoms with van der Waals surface area (Å²) < 4.78 is 10.2. The van der Waals surface area contributed by atoms with Crippen LogP contribution in [0.1, 0.15) is 37.0 Å². The van der Waals surface area contributed by atoms with E-state index in [2.05, 4.69) is 27.7 Å². The van der Waals surface area contributed by atoms with E-state index in [1.807, 2.05) is 29.2 Å². The molecule has 2 atom stereocenters. The third-order valence-electron chi connectivity index (χ3n) is 4.88. The smallest absolute Gasteiger partial charge is 0.260 e. The molecule has 2 heterocycles. The largest absolute Gasteiger partial charge is 0.497 e. The molecule has 1 aliphatic heterocycles. The van der Waals surface area contributed by atoms with Crippen molar-refractivity contribution in [3.63, 3.8) is 0 Å². The number of hydrogen-bond acceptors (Lipinski definition) is 5. The van der Waals surface area contributed by atoms with Crippen molar-refractivity contribution in [2.75, 3.05) is 13.7 Å². The molecule has 7 heteroatoms. The highest BCUT2D eigenvalue weighted by Gasteiger charge is 2.41. The van der Waals surface area contributed by atoms with Gasteiger partial charge in [0.05, 0.1) is 16.8 Å². The van der Waals surface area contributed by atoms with E-state index in [0.717, 1.165) is 24.2 Å². The van der Waals surface area contributed by atoms with Crippen LogP contribution in [-0.4, -0.2) is 44.4 Å². The number of amides is 1. The monoisotopic (exact) mass is 470 g/mol. The molecule has 26 heavy (non-hydrogen) atoms. The maximum Gasteiger partial charge on any atom is 0.260 e. The zero-order valence-electron chi connectivity index (χ0n) is 15.1. The second-order valence-electron chi connectivity index (χ2n) is 7.08. The van der Waals surface area contributed by atoms with E-state index in [-0.39, 0.29) is 15.9 Å². The first kappa shape index (κ1) is 19.2. The van der Waals surface area contributed by atoms with Crippen molar-refractivity contribution >= 4 is 28.5 Å². The van der Waals surface area contributed by atoms with Crippen molar-refractivity contribution in [1.29, 1.82) is 0 Å². The van der Waals surface area contributed by atoms with Crippen molar-refractivity contribution in [1.82, 2.24) is 10.1 Å². The quantitative estimate of drug-likeness (QED) is 0.419. The van der Waals surface area contributed by atoms with Crippen molar-refractivity contribution in [2.24, 2.45) is 5.92 Å². The highest BCUT2D eigenvalue weighted by atomic mass is 127. The SMILES string of the molecule is COc1ccc(-c2nocc2C(=O)N2CCC[C@H](C(C)(C)O)C2I)cc1. The Hall–Kier alpha value is -1.61. The fourth-order valence-corrected chi connectivity index (χ4v) is 5.13. The Balaban J connectivity index is 1.87. The van der Waals surface area contributed by atoms with Crippen LogP contribution < -0.4 is 4.74 Å². The Morgan fingerprint density at radius 2 is 2.08 bits per heavy atom. The summed E-state index contributed by atoms with van der Waals surface area (Å²) in [4.78, 5) is 15.0. The first-order valence-electron chi connectivity index (χ1n) is 8.59. The van der Waals surface area contributed by atoms with Gasteiger partial charge < -0.3 is 19.3 Å². The lowest BCUT2D eigenvalue weighted by Gasteiger charge is -2.43. The van der Waals surface area contributed by atoms with Crippen molar-refractivity contribution < 1.29 is 19.2 Å². The van der Waals surface area contributed by atoms with Crippen LogP contribution in [0.3, 0.4) is 0 Å². The number of aliphatic hydroxyl groups is 1. The second kappa shape index (κ2) is 7.56. The van der Waals surface area contributed by atoms with Gasteiger partial charge >= 0.3 is 0 Å². The summed E-state index contributed by atoms with van der Waals surface area (Å²) in [5, 5.41) is 14.5.